The molecule has 0 radical (unpaired) electrons. The van der Waals surface area contributed by atoms with Gasteiger partial charge >= 0.3 is 0 Å². The lowest BCUT2D eigenvalue weighted by Gasteiger charge is -2.31. The highest BCUT2D eigenvalue weighted by Gasteiger charge is 2.26. The van der Waals surface area contributed by atoms with Crippen LogP contribution in [0.2, 0.25) is 0 Å². The number of rotatable bonds is 4. The smallest absolute Gasteiger partial charge is 0.243 e. The topological polar surface area (TPSA) is 75.2 Å². The van der Waals surface area contributed by atoms with Gasteiger partial charge in [-0.2, -0.15) is 8.75 Å². The van der Waals surface area contributed by atoms with Crippen LogP contribution in [0.1, 0.15) is 19.8 Å². The molecule has 1 aromatic carbocycles. The van der Waals surface area contributed by atoms with Crippen molar-refractivity contribution >= 4 is 32.8 Å². The number of aromatic nitrogens is 2. The van der Waals surface area contributed by atoms with Crippen molar-refractivity contribution in [1.29, 1.82) is 0 Å². The summed E-state index contributed by atoms with van der Waals surface area (Å²) in [6.07, 6.45) is 1.69. The van der Waals surface area contributed by atoms with Gasteiger partial charge in [0.05, 0.1) is 11.7 Å². The zero-order chi connectivity index (χ0) is 14.9. The number of likely N-dealkylation sites (tertiary alicyclic amines) is 1. The van der Waals surface area contributed by atoms with Gasteiger partial charge in [0.1, 0.15) is 15.9 Å². The number of fused-ring (bicyclic) bond motifs is 1. The van der Waals surface area contributed by atoms with Crippen LogP contribution in [0.4, 0.5) is 0 Å². The van der Waals surface area contributed by atoms with Gasteiger partial charge in [-0.15, -0.1) is 0 Å². The maximum atomic E-state index is 12.6. The zero-order valence-electron chi connectivity index (χ0n) is 11.8. The summed E-state index contributed by atoms with van der Waals surface area (Å²) in [6, 6.07) is 5.07. The van der Waals surface area contributed by atoms with E-state index in [2.05, 4.69) is 25.3 Å². The van der Waals surface area contributed by atoms with E-state index >= 15 is 0 Å². The Bertz CT molecular complexity index is 721. The van der Waals surface area contributed by atoms with Crippen molar-refractivity contribution in [3.8, 4) is 0 Å². The summed E-state index contributed by atoms with van der Waals surface area (Å²) < 4.78 is 36.2. The third-order valence-electron chi connectivity index (χ3n) is 3.90. The van der Waals surface area contributed by atoms with Crippen LogP contribution in [0.3, 0.4) is 0 Å². The van der Waals surface area contributed by atoms with Gasteiger partial charge in [-0.05, 0) is 44.6 Å². The summed E-state index contributed by atoms with van der Waals surface area (Å²) in [5, 5.41) is 0. The Labute approximate surface area is 128 Å². The highest BCUT2D eigenvalue weighted by atomic mass is 32.2. The van der Waals surface area contributed by atoms with Crippen LogP contribution < -0.4 is 4.72 Å². The Morgan fingerprint density at radius 1 is 1.33 bits per heavy atom. The molecule has 1 aromatic heterocycles. The monoisotopic (exact) mass is 326 g/mol. The molecule has 1 aliphatic rings. The lowest BCUT2D eigenvalue weighted by atomic mass is 10.1. The summed E-state index contributed by atoms with van der Waals surface area (Å²) in [4.78, 5) is 2.56. The van der Waals surface area contributed by atoms with Crippen LogP contribution in [0.25, 0.3) is 11.0 Å². The largest absolute Gasteiger partial charge is 0.303 e. The van der Waals surface area contributed by atoms with Crippen LogP contribution in [-0.4, -0.2) is 47.7 Å². The lowest BCUT2D eigenvalue weighted by Crippen LogP contribution is -2.44. The van der Waals surface area contributed by atoms with Crippen molar-refractivity contribution in [3.63, 3.8) is 0 Å². The SMILES string of the molecule is CCN1CCC(NS(=O)(=O)c2cccc3nsnc23)CC1. The molecule has 1 aliphatic heterocycles. The van der Waals surface area contributed by atoms with Crippen molar-refractivity contribution in [3.05, 3.63) is 18.2 Å². The molecule has 0 aliphatic carbocycles. The van der Waals surface area contributed by atoms with Gasteiger partial charge in [0.25, 0.3) is 0 Å². The molecule has 6 nitrogen and oxygen atoms in total. The van der Waals surface area contributed by atoms with E-state index in [0.717, 1.165) is 44.2 Å². The normalized spacial score (nSPS) is 18.3. The van der Waals surface area contributed by atoms with Crippen LogP contribution >= 0.6 is 11.7 Å². The lowest BCUT2D eigenvalue weighted by molar-refractivity contribution is 0.217. The fourth-order valence-electron chi connectivity index (χ4n) is 2.65. The summed E-state index contributed by atoms with van der Waals surface area (Å²) in [5.41, 5.74) is 1.09. The van der Waals surface area contributed by atoms with Gasteiger partial charge in [-0.25, -0.2) is 13.1 Å². The Hall–Kier alpha value is -1.09. The minimum Gasteiger partial charge on any atom is -0.303 e. The highest BCUT2D eigenvalue weighted by molar-refractivity contribution is 7.89. The van der Waals surface area contributed by atoms with E-state index in [1.807, 2.05) is 0 Å². The van der Waals surface area contributed by atoms with E-state index in [1.165, 1.54) is 0 Å². The van der Waals surface area contributed by atoms with E-state index in [0.29, 0.717) is 11.0 Å². The minimum absolute atomic E-state index is 0.000323. The standard InChI is InChI=1S/C13H18N4O2S2/c1-2-17-8-6-10(7-9-17)16-21(18,19)12-5-3-4-11-13(12)15-20-14-11/h3-5,10,16H,2,6-9H2,1H3. The number of nitrogens with one attached hydrogen (secondary N) is 1. The highest BCUT2D eigenvalue weighted by Crippen LogP contribution is 2.22. The van der Waals surface area contributed by atoms with Gasteiger partial charge in [-0.1, -0.05) is 13.0 Å². The first-order valence-corrected chi connectivity index (χ1v) is 9.27. The fraction of sp³-hybridized carbons (Fsp3) is 0.538. The average molecular weight is 326 g/mol. The van der Waals surface area contributed by atoms with Crippen LogP contribution in [0.15, 0.2) is 23.1 Å². The summed E-state index contributed by atoms with van der Waals surface area (Å²) in [7, 11) is -3.54. The van der Waals surface area contributed by atoms with Gasteiger partial charge < -0.3 is 4.90 Å². The molecule has 2 aromatic rings. The molecule has 0 bridgehead atoms. The van der Waals surface area contributed by atoms with E-state index in [9.17, 15) is 8.42 Å². The van der Waals surface area contributed by atoms with Crippen molar-refractivity contribution in [2.45, 2.75) is 30.7 Å². The molecule has 1 saturated heterocycles. The Morgan fingerprint density at radius 3 is 2.81 bits per heavy atom. The number of sulfonamides is 1. The van der Waals surface area contributed by atoms with Gasteiger partial charge in [0.2, 0.25) is 10.0 Å². The molecule has 1 fully saturated rings. The summed E-state index contributed by atoms with van der Waals surface area (Å²) in [6.45, 7) is 5.02. The van der Waals surface area contributed by atoms with E-state index < -0.39 is 10.0 Å². The summed E-state index contributed by atoms with van der Waals surface area (Å²) in [5.74, 6) is 0. The molecular formula is C13H18N4O2S2. The van der Waals surface area contributed by atoms with Crippen LogP contribution in [-0.2, 0) is 10.0 Å². The second kappa shape index (κ2) is 5.96. The predicted molar refractivity (Wildman–Crippen MR) is 82.9 cm³/mol. The van der Waals surface area contributed by atoms with Crippen molar-refractivity contribution < 1.29 is 8.42 Å². The summed E-state index contributed by atoms with van der Waals surface area (Å²) >= 11 is 1.03. The number of benzene rings is 1. The maximum absolute atomic E-state index is 12.6. The Kier molecular flexibility index (Phi) is 4.21. The van der Waals surface area contributed by atoms with E-state index in [1.54, 1.807) is 18.2 Å². The molecule has 0 saturated carbocycles. The predicted octanol–water partition coefficient (Wildman–Crippen LogP) is 1.45. The Morgan fingerprint density at radius 2 is 2.10 bits per heavy atom. The third-order valence-corrected chi connectivity index (χ3v) is 5.99. The van der Waals surface area contributed by atoms with E-state index in [-0.39, 0.29) is 10.9 Å². The van der Waals surface area contributed by atoms with Gasteiger partial charge in [0, 0.05) is 6.04 Å². The van der Waals surface area contributed by atoms with Gasteiger partial charge in [-0.3, -0.25) is 0 Å². The first-order chi connectivity index (χ1) is 10.1. The molecule has 1 N–H and O–H groups in total. The molecule has 0 spiro atoms. The van der Waals surface area contributed by atoms with Crippen molar-refractivity contribution in [2.24, 2.45) is 0 Å². The van der Waals surface area contributed by atoms with E-state index in [4.69, 9.17) is 0 Å². The number of hydrogen-bond donors (Lipinski definition) is 1. The number of hydrogen-bond acceptors (Lipinski definition) is 6. The van der Waals surface area contributed by atoms with Gasteiger partial charge in [0.15, 0.2) is 0 Å². The molecule has 21 heavy (non-hydrogen) atoms. The maximum Gasteiger partial charge on any atom is 0.243 e. The number of piperidine rings is 1. The number of nitrogens with zero attached hydrogens (tertiary/aromatic N) is 3. The molecule has 0 amide bonds. The van der Waals surface area contributed by atoms with Crippen molar-refractivity contribution in [2.75, 3.05) is 19.6 Å². The molecule has 3 rings (SSSR count). The molecule has 0 atom stereocenters. The molecule has 2 heterocycles. The average Bonchev–Trinajstić information content (AvgIpc) is 2.95. The van der Waals surface area contributed by atoms with Crippen molar-refractivity contribution in [1.82, 2.24) is 18.4 Å². The third kappa shape index (κ3) is 3.08. The quantitative estimate of drug-likeness (QED) is 0.920. The van der Waals surface area contributed by atoms with Crippen LogP contribution in [0, 0.1) is 0 Å². The fourth-order valence-corrected chi connectivity index (χ4v) is 4.72. The second-order valence-electron chi connectivity index (χ2n) is 5.22. The Balaban J connectivity index is 1.80. The first-order valence-electron chi connectivity index (χ1n) is 7.06. The molecular weight excluding hydrogens is 308 g/mol. The molecule has 8 heteroatoms. The van der Waals surface area contributed by atoms with Crippen LogP contribution in [0.5, 0.6) is 0 Å². The zero-order valence-corrected chi connectivity index (χ0v) is 13.5. The first kappa shape index (κ1) is 14.8. The molecule has 114 valence electrons. The molecule has 0 unspecified atom stereocenters. The second-order valence-corrected chi connectivity index (χ2v) is 7.43. The minimum atomic E-state index is -3.54.